The van der Waals surface area contributed by atoms with E-state index in [1.54, 1.807) is 14.1 Å². The predicted molar refractivity (Wildman–Crippen MR) is 164 cm³/mol. The molecule has 2 atom stereocenters. The maximum Gasteiger partial charge on any atom is 0.410 e. The van der Waals surface area contributed by atoms with Crippen LogP contribution < -0.4 is 0 Å². The van der Waals surface area contributed by atoms with E-state index in [1.165, 1.54) is 9.80 Å². The Morgan fingerprint density at radius 1 is 0.738 bits per heavy atom. The van der Waals surface area contributed by atoms with Gasteiger partial charge in [0.25, 0.3) is 0 Å². The molecule has 0 unspecified atom stereocenters. The van der Waals surface area contributed by atoms with Crippen molar-refractivity contribution in [2.24, 2.45) is 11.8 Å². The molecular weight excluding hydrogens is 528 g/mol. The fraction of sp³-hybridized carbons (Fsp3) is 0.400. The van der Waals surface area contributed by atoms with Crippen LogP contribution in [-0.4, -0.2) is 60.6 Å². The van der Waals surface area contributed by atoms with Gasteiger partial charge in [0, 0.05) is 20.0 Å². The van der Waals surface area contributed by atoms with Crippen molar-refractivity contribution in [2.75, 3.05) is 20.7 Å². The van der Waals surface area contributed by atoms with Crippen LogP contribution in [0.15, 0.2) is 78.9 Å². The van der Waals surface area contributed by atoms with Crippen LogP contribution in [-0.2, 0) is 25.7 Å². The zero-order chi connectivity index (χ0) is 30.4. The van der Waals surface area contributed by atoms with E-state index < -0.39 is 24.1 Å². The number of nitrogens with zero attached hydrogens (tertiary/aromatic N) is 2. The molecule has 0 saturated carbocycles. The Balaban J connectivity index is 1.46. The van der Waals surface area contributed by atoms with Crippen molar-refractivity contribution in [3.63, 3.8) is 0 Å². The van der Waals surface area contributed by atoms with E-state index in [9.17, 15) is 14.4 Å². The van der Waals surface area contributed by atoms with Crippen LogP contribution in [0.4, 0.5) is 4.79 Å². The molecule has 0 aliphatic heterocycles. The lowest BCUT2D eigenvalue weighted by Gasteiger charge is -2.35. The second kappa shape index (κ2) is 13.7. The van der Waals surface area contributed by atoms with Gasteiger partial charge in [-0.05, 0) is 46.1 Å². The molecule has 7 nitrogen and oxygen atoms in total. The number of carbonyl (C=O) groups is 3. The van der Waals surface area contributed by atoms with Gasteiger partial charge in [0.1, 0.15) is 25.3 Å². The van der Waals surface area contributed by atoms with Gasteiger partial charge >= 0.3 is 12.1 Å². The number of benzene rings is 3. The average Bonchev–Trinajstić information content (AvgIpc) is 3.30. The number of hydrogen-bond donors (Lipinski definition) is 0. The summed E-state index contributed by atoms with van der Waals surface area (Å²) in [7, 11) is 3.20. The molecule has 1 aliphatic carbocycles. The minimum atomic E-state index is -0.799. The number of esters is 1. The molecule has 0 saturated heterocycles. The molecular formula is C35H42N2O5. The van der Waals surface area contributed by atoms with Gasteiger partial charge in [-0.1, -0.05) is 107 Å². The Hall–Kier alpha value is -4.13. The van der Waals surface area contributed by atoms with Crippen molar-refractivity contribution in [1.29, 1.82) is 0 Å². The normalized spacial score (nSPS) is 13.7. The highest BCUT2D eigenvalue weighted by Gasteiger charge is 2.38. The number of rotatable bonds is 11. The average molecular weight is 571 g/mol. The Morgan fingerprint density at radius 2 is 1.29 bits per heavy atom. The number of fused-ring (bicyclic) bond motifs is 3. The smallest absolute Gasteiger partial charge is 0.410 e. The first kappa shape index (κ1) is 30.8. The Kier molecular flexibility index (Phi) is 10.0. The summed E-state index contributed by atoms with van der Waals surface area (Å²) in [5.41, 5.74) is 5.41. The van der Waals surface area contributed by atoms with Crippen LogP contribution in [0.1, 0.15) is 56.7 Å². The second-order valence-corrected chi connectivity index (χ2v) is 11.8. The zero-order valence-corrected chi connectivity index (χ0v) is 25.4. The molecule has 4 rings (SSSR count). The van der Waals surface area contributed by atoms with Crippen molar-refractivity contribution < 1.29 is 23.9 Å². The van der Waals surface area contributed by atoms with E-state index in [1.807, 2.05) is 82.3 Å². The van der Waals surface area contributed by atoms with Crippen molar-refractivity contribution >= 4 is 18.0 Å². The first-order valence-corrected chi connectivity index (χ1v) is 14.6. The zero-order valence-electron chi connectivity index (χ0n) is 25.4. The highest BCUT2D eigenvalue weighted by Crippen LogP contribution is 2.44. The van der Waals surface area contributed by atoms with Crippen molar-refractivity contribution in [3.8, 4) is 11.1 Å². The number of amides is 2. The maximum atomic E-state index is 13.9. The molecule has 3 aromatic carbocycles. The van der Waals surface area contributed by atoms with Crippen LogP contribution in [0.3, 0.4) is 0 Å². The highest BCUT2D eigenvalue weighted by atomic mass is 16.6. The first-order valence-electron chi connectivity index (χ1n) is 14.6. The number of ether oxygens (including phenoxy) is 2. The van der Waals surface area contributed by atoms with Crippen molar-refractivity contribution in [2.45, 2.75) is 58.7 Å². The molecule has 222 valence electrons. The fourth-order valence-electron chi connectivity index (χ4n) is 5.76. The quantitative estimate of drug-likeness (QED) is 0.246. The standard InChI is InChI=1S/C35H42N2O5/c1-23(2)20-31(33(38)37(6)32(24(3)4)34(39)41-21-25-14-8-7-9-15-25)36(5)35(40)42-22-30-28-18-12-10-16-26(28)27-17-11-13-19-29(27)30/h7-19,23-24,30-32H,20-22H2,1-6H3/t31-,32-/m0/s1. The molecule has 0 N–H and O–H groups in total. The summed E-state index contributed by atoms with van der Waals surface area (Å²) in [6.07, 6.45) is -0.148. The lowest BCUT2D eigenvalue weighted by Crippen LogP contribution is -2.55. The molecule has 2 amide bonds. The molecule has 7 heteroatoms. The van der Waals surface area contributed by atoms with Gasteiger partial charge in [0.2, 0.25) is 5.91 Å². The monoisotopic (exact) mass is 570 g/mol. The molecule has 0 radical (unpaired) electrons. The van der Waals surface area contributed by atoms with E-state index in [0.29, 0.717) is 6.42 Å². The number of hydrogen-bond acceptors (Lipinski definition) is 5. The van der Waals surface area contributed by atoms with Gasteiger partial charge in [0.05, 0.1) is 0 Å². The molecule has 1 aliphatic rings. The van der Waals surface area contributed by atoms with E-state index in [0.717, 1.165) is 27.8 Å². The van der Waals surface area contributed by atoms with Gasteiger partial charge in [-0.25, -0.2) is 9.59 Å². The fourth-order valence-corrected chi connectivity index (χ4v) is 5.76. The third-order valence-electron chi connectivity index (χ3n) is 7.93. The van der Waals surface area contributed by atoms with Gasteiger partial charge in [-0.3, -0.25) is 9.69 Å². The molecule has 0 heterocycles. The lowest BCUT2D eigenvalue weighted by atomic mass is 9.98. The molecule has 0 fully saturated rings. The predicted octanol–water partition coefficient (Wildman–Crippen LogP) is 6.51. The summed E-state index contributed by atoms with van der Waals surface area (Å²) >= 11 is 0. The largest absolute Gasteiger partial charge is 0.459 e. The lowest BCUT2D eigenvalue weighted by molar-refractivity contribution is -0.158. The number of likely N-dealkylation sites (N-methyl/N-ethyl adjacent to an activating group) is 2. The summed E-state index contributed by atoms with van der Waals surface area (Å²) in [6, 6.07) is 24.2. The topological polar surface area (TPSA) is 76.2 Å². The molecule has 0 aromatic heterocycles. The molecule has 0 bridgehead atoms. The Labute approximate surface area is 249 Å². The third-order valence-corrected chi connectivity index (χ3v) is 7.93. The SMILES string of the molecule is CC(C)C[C@@H](C(=O)N(C)[C@H](C(=O)OCc1ccccc1)C(C)C)N(C)C(=O)OCC1c2ccccc2-c2ccccc21. The second-order valence-electron chi connectivity index (χ2n) is 11.8. The van der Waals surface area contributed by atoms with Crippen LogP contribution in [0, 0.1) is 11.8 Å². The van der Waals surface area contributed by atoms with Gasteiger partial charge in [-0.15, -0.1) is 0 Å². The van der Waals surface area contributed by atoms with E-state index in [4.69, 9.17) is 9.47 Å². The van der Waals surface area contributed by atoms with E-state index >= 15 is 0 Å². The Bertz CT molecular complexity index is 1340. The molecule has 0 spiro atoms. The highest BCUT2D eigenvalue weighted by molar-refractivity contribution is 5.89. The van der Waals surface area contributed by atoms with E-state index in [-0.39, 0.29) is 36.9 Å². The summed E-state index contributed by atoms with van der Waals surface area (Å²) in [4.78, 5) is 43.3. The van der Waals surface area contributed by atoms with Gasteiger partial charge in [0.15, 0.2) is 0 Å². The minimum Gasteiger partial charge on any atom is -0.459 e. The van der Waals surface area contributed by atoms with Crippen molar-refractivity contribution in [1.82, 2.24) is 9.80 Å². The van der Waals surface area contributed by atoms with Crippen LogP contribution in [0.25, 0.3) is 11.1 Å². The molecule has 42 heavy (non-hydrogen) atoms. The molecule has 3 aromatic rings. The third kappa shape index (κ3) is 6.84. The summed E-state index contributed by atoms with van der Waals surface area (Å²) in [5.74, 6) is -0.950. The van der Waals surface area contributed by atoms with Crippen molar-refractivity contribution in [3.05, 3.63) is 95.6 Å². The summed E-state index contributed by atoms with van der Waals surface area (Å²) in [6.45, 7) is 8.05. The van der Waals surface area contributed by atoms with E-state index in [2.05, 4.69) is 24.3 Å². The van der Waals surface area contributed by atoms with Gasteiger partial charge in [-0.2, -0.15) is 0 Å². The number of carbonyl (C=O) groups excluding carboxylic acids is 3. The van der Waals surface area contributed by atoms with Crippen LogP contribution in [0.2, 0.25) is 0 Å². The van der Waals surface area contributed by atoms with Gasteiger partial charge < -0.3 is 14.4 Å². The summed E-state index contributed by atoms with van der Waals surface area (Å²) < 4.78 is 11.5. The van der Waals surface area contributed by atoms with Crippen LogP contribution >= 0.6 is 0 Å². The minimum absolute atomic E-state index is 0.0821. The summed E-state index contributed by atoms with van der Waals surface area (Å²) in [5, 5.41) is 0. The first-order chi connectivity index (χ1) is 20.1. The Morgan fingerprint density at radius 3 is 1.83 bits per heavy atom. The maximum absolute atomic E-state index is 13.9. The van der Waals surface area contributed by atoms with Crippen LogP contribution in [0.5, 0.6) is 0 Å².